The van der Waals surface area contributed by atoms with Crippen molar-refractivity contribution in [3.05, 3.63) is 66.5 Å². The summed E-state index contributed by atoms with van der Waals surface area (Å²) >= 11 is 0. The Labute approximate surface area is 174 Å². The van der Waals surface area contributed by atoms with Crippen LogP contribution in [-0.4, -0.2) is 54.9 Å². The Morgan fingerprint density at radius 2 is 1.83 bits per heavy atom. The number of hydrogen-bond donors (Lipinski definition) is 1. The number of rotatable bonds is 5. The molecule has 1 N–H and O–H groups in total. The molecular formula is C21H20N4O4S. The zero-order valence-corrected chi connectivity index (χ0v) is 16.9. The van der Waals surface area contributed by atoms with Gasteiger partial charge in [0.25, 0.3) is 0 Å². The molecule has 4 rings (SSSR count). The zero-order chi connectivity index (χ0) is 21.0. The molecule has 0 aliphatic carbocycles. The van der Waals surface area contributed by atoms with Gasteiger partial charge in [0, 0.05) is 24.9 Å². The van der Waals surface area contributed by atoms with Crippen LogP contribution >= 0.6 is 0 Å². The molecule has 0 unspecified atom stereocenters. The van der Waals surface area contributed by atoms with Gasteiger partial charge < -0.3 is 10.1 Å². The molecule has 9 heteroatoms. The lowest BCUT2D eigenvalue weighted by atomic mass is 10.3. The SMILES string of the molecule is O=C(/C=C/c1cnc2ccccc2n1)Nc1cccc(S(=O)(=O)N2CCOCC2)c1. The van der Waals surface area contributed by atoms with Crippen molar-refractivity contribution >= 4 is 38.7 Å². The predicted molar refractivity (Wildman–Crippen MR) is 113 cm³/mol. The second-order valence-electron chi connectivity index (χ2n) is 6.65. The highest BCUT2D eigenvalue weighted by Gasteiger charge is 2.26. The maximum absolute atomic E-state index is 12.8. The number of aromatic nitrogens is 2. The third-order valence-corrected chi connectivity index (χ3v) is 6.48. The number of nitrogens with zero attached hydrogens (tertiary/aromatic N) is 3. The molecule has 1 aliphatic heterocycles. The van der Waals surface area contributed by atoms with Crippen molar-refractivity contribution in [2.24, 2.45) is 0 Å². The standard InChI is InChI=1S/C21H20N4O4S/c26-21(9-8-17-15-22-19-6-1-2-7-20(19)23-17)24-16-4-3-5-18(14-16)30(27,28)25-10-12-29-13-11-25/h1-9,14-15H,10-13H2,(H,24,26)/b9-8+. The number of ether oxygens (including phenoxy) is 1. The average molecular weight is 424 g/mol. The Morgan fingerprint density at radius 1 is 1.07 bits per heavy atom. The van der Waals surface area contributed by atoms with Gasteiger partial charge in [0.15, 0.2) is 0 Å². The molecule has 2 heterocycles. The third kappa shape index (κ3) is 4.54. The van der Waals surface area contributed by atoms with Crippen LogP contribution in [0.25, 0.3) is 17.1 Å². The highest BCUT2D eigenvalue weighted by Crippen LogP contribution is 2.20. The minimum Gasteiger partial charge on any atom is -0.379 e. The number of hydrogen-bond acceptors (Lipinski definition) is 6. The Hall–Kier alpha value is -3.14. The number of carbonyl (C=O) groups is 1. The van der Waals surface area contributed by atoms with Crippen molar-refractivity contribution in [2.45, 2.75) is 4.90 Å². The Balaban J connectivity index is 1.46. The molecule has 0 spiro atoms. The summed E-state index contributed by atoms with van der Waals surface area (Å²) in [6.45, 7) is 1.37. The van der Waals surface area contributed by atoms with Crippen molar-refractivity contribution in [3.8, 4) is 0 Å². The van der Waals surface area contributed by atoms with E-state index in [2.05, 4.69) is 15.3 Å². The summed E-state index contributed by atoms with van der Waals surface area (Å²) in [7, 11) is -3.63. The van der Waals surface area contributed by atoms with Gasteiger partial charge in [0.2, 0.25) is 15.9 Å². The summed E-state index contributed by atoms with van der Waals surface area (Å²) in [5.74, 6) is -0.397. The second kappa shape index (κ2) is 8.70. The Kier molecular flexibility index (Phi) is 5.84. The number of anilines is 1. The Bertz CT molecular complexity index is 1200. The van der Waals surface area contributed by atoms with Gasteiger partial charge in [-0.15, -0.1) is 0 Å². The molecule has 2 aromatic carbocycles. The van der Waals surface area contributed by atoms with Gasteiger partial charge in [-0.2, -0.15) is 4.31 Å². The van der Waals surface area contributed by atoms with Crippen LogP contribution in [0.4, 0.5) is 5.69 Å². The van der Waals surface area contributed by atoms with Crippen molar-refractivity contribution in [1.29, 1.82) is 0 Å². The molecule has 0 atom stereocenters. The van der Waals surface area contributed by atoms with Crippen molar-refractivity contribution in [1.82, 2.24) is 14.3 Å². The van der Waals surface area contributed by atoms with Gasteiger partial charge in [0.05, 0.1) is 41.0 Å². The summed E-state index contributed by atoms with van der Waals surface area (Å²) in [6.07, 6.45) is 4.48. The fourth-order valence-electron chi connectivity index (χ4n) is 3.07. The maximum Gasteiger partial charge on any atom is 0.248 e. The first-order valence-electron chi connectivity index (χ1n) is 9.41. The molecule has 0 saturated carbocycles. The second-order valence-corrected chi connectivity index (χ2v) is 8.59. The molecule has 0 radical (unpaired) electrons. The molecule has 1 aliphatic rings. The molecule has 1 fully saturated rings. The van der Waals surface area contributed by atoms with Crippen LogP contribution < -0.4 is 5.32 Å². The summed E-state index contributed by atoms with van der Waals surface area (Å²) < 4.78 is 32.1. The average Bonchev–Trinajstić information content (AvgIpc) is 2.78. The topological polar surface area (TPSA) is 101 Å². The smallest absolute Gasteiger partial charge is 0.248 e. The number of amides is 1. The minimum absolute atomic E-state index is 0.131. The quantitative estimate of drug-likeness (QED) is 0.631. The van der Waals surface area contributed by atoms with Crippen LogP contribution in [0.5, 0.6) is 0 Å². The third-order valence-electron chi connectivity index (χ3n) is 4.58. The number of carbonyl (C=O) groups excluding carboxylic acids is 1. The fourth-order valence-corrected chi connectivity index (χ4v) is 4.52. The first-order valence-corrected chi connectivity index (χ1v) is 10.9. The largest absolute Gasteiger partial charge is 0.379 e. The first-order chi connectivity index (χ1) is 14.5. The van der Waals surface area contributed by atoms with Crippen LogP contribution in [0.3, 0.4) is 0 Å². The van der Waals surface area contributed by atoms with Gasteiger partial charge in [-0.25, -0.2) is 13.4 Å². The first kappa shape index (κ1) is 20.1. The number of fused-ring (bicyclic) bond motifs is 1. The molecule has 3 aromatic rings. The van der Waals surface area contributed by atoms with Crippen LogP contribution in [0.2, 0.25) is 0 Å². The molecule has 8 nitrogen and oxygen atoms in total. The van der Waals surface area contributed by atoms with Gasteiger partial charge >= 0.3 is 0 Å². The van der Waals surface area contributed by atoms with Gasteiger partial charge in [0.1, 0.15) is 0 Å². The summed E-state index contributed by atoms with van der Waals surface area (Å²) in [5, 5.41) is 2.68. The monoisotopic (exact) mass is 424 g/mol. The number of sulfonamides is 1. The van der Waals surface area contributed by atoms with Crippen molar-refractivity contribution < 1.29 is 17.9 Å². The van der Waals surface area contributed by atoms with E-state index >= 15 is 0 Å². The van der Waals surface area contributed by atoms with Crippen molar-refractivity contribution in [3.63, 3.8) is 0 Å². The molecule has 1 saturated heterocycles. The van der Waals surface area contributed by atoms with E-state index in [0.717, 1.165) is 11.0 Å². The van der Waals surface area contributed by atoms with E-state index in [1.54, 1.807) is 24.4 Å². The summed E-state index contributed by atoms with van der Waals surface area (Å²) in [4.78, 5) is 21.1. The number of benzene rings is 2. The van der Waals surface area contributed by atoms with E-state index in [0.29, 0.717) is 37.7 Å². The normalized spacial score (nSPS) is 15.5. The lowest BCUT2D eigenvalue weighted by Gasteiger charge is -2.26. The predicted octanol–water partition coefficient (Wildman–Crippen LogP) is 2.30. The van der Waals surface area contributed by atoms with E-state index in [1.807, 2.05) is 24.3 Å². The van der Waals surface area contributed by atoms with E-state index < -0.39 is 15.9 Å². The molecule has 154 valence electrons. The van der Waals surface area contributed by atoms with E-state index in [4.69, 9.17) is 4.74 Å². The van der Waals surface area contributed by atoms with Crippen molar-refractivity contribution in [2.75, 3.05) is 31.6 Å². The van der Waals surface area contributed by atoms with Gasteiger partial charge in [-0.05, 0) is 36.4 Å². The fraction of sp³-hybridized carbons (Fsp3) is 0.190. The molecule has 1 aromatic heterocycles. The van der Waals surface area contributed by atoms with E-state index in [-0.39, 0.29) is 4.90 Å². The molecular weight excluding hydrogens is 404 g/mol. The maximum atomic E-state index is 12.8. The van der Waals surface area contributed by atoms with Crippen LogP contribution in [0.15, 0.2) is 65.7 Å². The van der Waals surface area contributed by atoms with Gasteiger partial charge in [-0.1, -0.05) is 18.2 Å². The number of morpholine rings is 1. The highest BCUT2D eigenvalue weighted by molar-refractivity contribution is 7.89. The summed E-state index contributed by atoms with van der Waals surface area (Å²) in [6, 6.07) is 13.7. The molecule has 1 amide bonds. The number of para-hydroxylation sites is 2. The van der Waals surface area contributed by atoms with Gasteiger partial charge in [-0.3, -0.25) is 9.78 Å². The van der Waals surface area contributed by atoms with Crippen LogP contribution in [-0.2, 0) is 19.6 Å². The summed E-state index contributed by atoms with van der Waals surface area (Å²) in [5.41, 5.74) is 2.45. The van der Waals surface area contributed by atoms with Crippen LogP contribution in [0, 0.1) is 0 Å². The Morgan fingerprint density at radius 3 is 2.63 bits per heavy atom. The lowest BCUT2D eigenvalue weighted by molar-refractivity contribution is -0.111. The zero-order valence-electron chi connectivity index (χ0n) is 16.1. The number of nitrogens with one attached hydrogen (secondary N) is 1. The molecule has 30 heavy (non-hydrogen) atoms. The molecule has 0 bridgehead atoms. The van der Waals surface area contributed by atoms with E-state index in [1.165, 1.54) is 22.5 Å². The van der Waals surface area contributed by atoms with E-state index in [9.17, 15) is 13.2 Å². The highest BCUT2D eigenvalue weighted by atomic mass is 32.2. The lowest BCUT2D eigenvalue weighted by Crippen LogP contribution is -2.40. The van der Waals surface area contributed by atoms with Crippen LogP contribution in [0.1, 0.15) is 5.69 Å². The minimum atomic E-state index is -3.63.